The van der Waals surface area contributed by atoms with E-state index in [4.69, 9.17) is 9.47 Å². The number of likely N-dealkylation sites (N-methyl/N-ethyl adjacent to an activating group) is 2. The van der Waals surface area contributed by atoms with Gasteiger partial charge >= 0.3 is 11.9 Å². The molecule has 0 heterocycles. The number of quaternary nitrogens is 1. The normalized spacial score (nSPS) is 11.0. The standard InChI is InChI=1S/2C20H32N2O3.ClH/c2*1-14(2)16-8-7-9-17(15(3)4)20(16)25-19(24)11-10-18(23)21-12-13-22(5)6;/h2*7-9,14-15H,10-13H2,1-6H3,(H,21,23);1H/p+1. The van der Waals surface area contributed by atoms with Gasteiger partial charge in [-0.2, -0.15) is 0 Å². The Balaban J connectivity index is 0.000000962. The summed E-state index contributed by atoms with van der Waals surface area (Å²) in [6.07, 6.45) is 0.470. The molecule has 0 aliphatic heterocycles. The van der Waals surface area contributed by atoms with Gasteiger partial charge in [0.25, 0.3) is 0 Å². The molecule has 10 nitrogen and oxygen atoms in total. The molecule has 0 aliphatic carbocycles. The van der Waals surface area contributed by atoms with Crippen LogP contribution in [0.15, 0.2) is 36.4 Å². The van der Waals surface area contributed by atoms with Gasteiger partial charge in [-0.3, -0.25) is 19.2 Å². The zero-order chi connectivity index (χ0) is 38.0. The van der Waals surface area contributed by atoms with Crippen LogP contribution in [-0.4, -0.2) is 83.0 Å². The fraction of sp³-hybridized carbons (Fsp3) is 0.600. The zero-order valence-electron chi connectivity index (χ0n) is 33.2. The summed E-state index contributed by atoms with van der Waals surface area (Å²) in [5.74, 6) is 1.41. The van der Waals surface area contributed by atoms with E-state index in [9.17, 15) is 19.2 Å². The first-order valence-electron chi connectivity index (χ1n) is 18.1. The van der Waals surface area contributed by atoms with E-state index in [-0.39, 0.29) is 85.5 Å². The first-order valence-corrected chi connectivity index (χ1v) is 18.1. The molecule has 288 valence electrons. The third-order valence-corrected chi connectivity index (χ3v) is 8.01. The highest BCUT2D eigenvalue weighted by molar-refractivity contribution is 5.85. The van der Waals surface area contributed by atoms with Gasteiger partial charge in [0.2, 0.25) is 11.8 Å². The van der Waals surface area contributed by atoms with Crippen molar-refractivity contribution in [2.45, 2.75) is 105 Å². The lowest BCUT2D eigenvalue weighted by Crippen LogP contribution is -3.06. The van der Waals surface area contributed by atoms with Gasteiger partial charge in [-0.05, 0) is 60.0 Å². The van der Waals surface area contributed by atoms with Crippen molar-refractivity contribution >= 4 is 36.2 Å². The molecule has 0 aromatic heterocycles. The van der Waals surface area contributed by atoms with Crippen molar-refractivity contribution in [2.75, 3.05) is 54.4 Å². The van der Waals surface area contributed by atoms with Gasteiger partial charge in [0.15, 0.2) is 0 Å². The second-order valence-electron chi connectivity index (χ2n) is 14.6. The molecule has 0 aliphatic rings. The van der Waals surface area contributed by atoms with Gasteiger partial charge in [0.1, 0.15) is 11.5 Å². The van der Waals surface area contributed by atoms with Crippen molar-refractivity contribution in [3.8, 4) is 11.5 Å². The molecule has 0 bridgehead atoms. The minimum atomic E-state index is -0.363. The van der Waals surface area contributed by atoms with E-state index >= 15 is 0 Å². The van der Waals surface area contributed by atoms with E-state index in [1.54, 1.807) is 0 Å². The maximum absolute atomic E-state index is 12.2. The van der Waals surface area contributed by atoms with E-state index in [1.165, 1.54) is 4.90 Å². The summed E-state index contributed by atoms with van der Waals surface area (Å²) in [6.45, 7) is 19.5. The minimum absolute atomic E-state index is 0. The second-order valence-corrected chi connectivity index (χ2v) is 14.6. The monoisotopic (exact) mass is 733 g/mol. The summed E-state index contributed by atoms with van der Waals surface area (Å²) in [4.78, 5) is 51.3. The van der Waals surface area contributed by atoms with Crippen molar-refractivity contribution in [3.63, 3.8) is 0 Å². The maximum Gasteiger partial charge on any atom is 0.311 e. The lowest BCUT2D eigenvalue weighted by Gasteiger charge is -2.18. The SMILES string of the molecule is CC(C)c1cccc(C(C)C)c1OC(=O)CCC(=O)NCCN(C)C.CC(C)c1cccc(C(C)C)c1OC(=O)CCC(=O)NCC[NH+](C)C.Cl. The predicted octanol–water partition coefficient (Wildman–Crippen LogP) is 5.60. The van der Waals surface area contributed by atoms with Crippen molar-refractivity contribution < 1.29 is 33.6 Å². The number of esters is 2. The number of nitrogens with zero attached hydrogens (tertiary/aromatic N) is 1. The zero-order valence-corrected chi connectivity index (χ0v) is 34.1. The Morgan fingerprint density at radius 1 is 0.608 bits per heavy atom. The minimum Gasteiger partial charge on any atom is -0.426 e. The predicted molar refractivity (Wildman–Crippen MR) is 208 cm³/mol. The van der Waals surface area contributed by atoms with Gasteiger partial charge in [-0.1, -0.05) is 91.8 Å². The summed E-state index contributed by atoms with van der Waals surface area (Å²) < 4.78 is 11.3. The fourth-order valence-electron chi connectivity index (χ4n) is 5.01. The molecule has 51 heavy (non-hydrogen) atoms. The topological polar surface area (TPSA) is 118 Å². The smallest absolute Gasteiger partial charge is 0.311 e. The van der Waals surface area contributed by atoms with Gasteiger partial charge < -0.3 is 29.9 Å². The average molecular weight is 734 g/mol. The number of carbonyl (C=O) groups is 4. The van der Waals surface area contributed by atoms with Crippen LogP contribution in [0.4, 0.5) is 0 Å². The molecule has 0 unspecified atom stereocenters. The Labute approximate surface area is 313 Å². The van der Waals surface area contributed by atoms with Crippen LogP contribution in [0.3, 0.4) is 0 Å². The maximum atomic E-state index is 12.2. The number of rotatable bonds is 18. The Hall–Kier alpha value is -3.47. The molecule has 0 spiro atoms. The Bertz CT molecular complexity index is 1220. The van der Waals surface area contributed by atoms with Crippen LogP contribution in [0.25, 0.3) is 0 Å². The van der Waals surface area contributed by atoms with Gasteiger partial charge in [0, 0.05) is 25.9 Å². The molecule has 3 N–H and O–H groups in total. The number of benzene rings is 2. The first-order chi connectivity index (χ1) is 23.4. The van der Waals surface area contributed by atoms with Gasteiger partial charge in [-0.25, -0.2) is 0 Å². The second kappa shape index (κ2) is 24.7. The van der Waals surface area contributed by atoms with E-state index in [0.717, 1.165) is 35.3 Å². The van der Waals surface area contributed by atoms with E-state index in [2.05, 4.69) is 66.0 Å². The van der Waals surface area contributed by atoms with Crippen LogP contribution < -0.4 is 25.0 Å². The number of hydrogen-bond acceptors (Lipinski definition) is 7. The number of amides is 2. The van der Waals surface area contributed by atoms with Crippen molar-refractivity contribution in [1.82, 2.24) is 15.5 Å². The summed E-state index contributed by atoms with van der Waals surface area (Å²) in [5.41, 5.74) is 4.10. The third kappa shape index (κ3) is 18.5. The fourth-order valence-corrected chi connectivity index (χ4v) is 5.01. The Kier molecular flexibility index (Phi) is 23.0. The van der Waals surface area contributed by atoms with Crippen LogP contribution in [0, 0.1) is 0 Å². The lowest BCUT2D eigenvalue weighted by atomic mass is 9.94. The first kappa shape index (κ1) is 47.5. The number of carbonyl (C=O) groups excluding carboxylic acids is 4. The number of nitrogens with one attached hydrogen (secondary N) is 3. The lowest BCUT2D eigenvalue weighted by molar-refractivity contribution is -0.856. The Morgan fingerprint density at radius 2 is 0.941 bits per heavy atom. The average Bonchev–Trinajstić information content (AvgIpc) is 3.02. The molecular formula is C40H66ClN4O6+. The number of halogens is 1. The van der Waals surface area contributed by atoms with Crippen molar-refractivity contribution in [3.05, 3.63) is 58.7 Å². The molecule has 0 saturated heterocycles. The molecule has 0 saturated carbocycles. The summed E-state index contributed by atoms with van der Waals surface area (Å²) >= 11 is 0. The van der Waals surface area contributed by atoms with Crippen molar-refractivity contribution in [2.24, 2.45) is 0 Å². The number of ether oxygens (including phenoxy) is 2. The molecule has 0 atom stereocenters. The number of hydrogen-bond donors (Lipinski definition) is 3. The molecule has 2 aromatic rings. The van der Waals surface area contributed by atoms with Crippen LogP contribution in [0.1, 0.15) is 127 Å². The van der Waals surface area contributed by atoms with E-state index in [0.29, 0.717) is 24.6 Å². The highest BCUT2D eigenvalue weighted by atomic mass is 35.5. The third-order valence-electron chi connectivity index (χ3n) is 8.01. The highest BCUT2D eigenvalue weighted by Crippen LogP contribution is 2.36. The molecule has 11 heteroatoms. The molecular weight excluding hydrogens is 668 g/mol. The van der Waals surface area contributed by atoms with E-state index < -0.39 is 0 Å². The molecule has 2 amide bonds. The summed E-state index contributed by atoms with van der Waals surface area (Å²) in [5, 5.41) is 5.63. The van der Waals surface area contributed by atoms with Crippen LogP contribution in [0.2, 0.25) is 0 Å². The van der Waals surface area contributed by atoms with Crippen molar-refractivity contribution in [1.29, 1.82) is 0 Å². The van der Waals surface area contributed by atoms with Crippen LogP contribution in [-0.2, 0) is 19.2 Å². The van der Waals surface area contributed by atoms with Gasteiger partial charge in [0.05, 0.1) is 40.0 Å². The number of para-hydroxylation sites is 2. The molecule has 2 aromatic carbocycles. The largest absolute Gasteiger partial charge is 0.426 e. The van der Waals surface area contributed by atoms with Gasteiger partial charge in [-0.15, -0.1) is 12.4 Å². The summed E-state index contributed by atoms with van der Waals surface area (Å²) in [7, 11) is 7.95. The van der Waals surface area contributed by atoms with E-state index in [1.807, 2.05) is 69.5 Å². The molecule has 0 fully saturated rings. The molecule has 0 radical (unpaired) electrons. The van der Waals surface area contributed by atoms with Crippen LogP contribution >= 0.6 is 12.4 Å². The Morgan fingerprint density at radius 3 is 1.24 bits per heavy atom. The molecule has 2 rings (SSSR count). The quantitative estimate of drug-likeness (QED) is 0.135. The van der Waals surface area contributed by atoms with Crippen LogP contribution in [0.5, 0.6) is 11.5 Å². The highest BCUT2D eigenvalue weighted by Gasteiger charge is 2.20. The summed E-state index contributed by atoms with van der Waals surface area (Å²) in [6, 6.07) is 12.0.